The molecule has 0 saturated heterocycles. The van der Waals surface area contributed by atoms with E-state index < -0.39 is 22.4 Å². The van der Waals surface area contributed by atoms with Crippen LogP contribution in [0.1, 0.15) is 5.56 Å². The summed E-state index contributed by atoms with van der Waals surface area (Å²) in [6.45, 7) is 0. The first kappa shape index (κ1) is 11.7. The number of rotatable bonds is 1. The van der Waals surface area contributed by atoms with Gasteiger partial charge in [0.1, 0.15) is 0 Å². The molecule has 0 saturated carbocycles. The van der Waals surface area contributed by atoms with Crippen molar-refractivity contribution in [3.63, 3.8) is 0 Å². The first-order valence-corrected chi connectivity index (χ1v) is 4.09. The van der Waals surface area contributed by atoms with Crippen molar-refractivity contribution in [3.8, 4) is 11.8 Å². The summed E-state index contributed by atoms with van der Waals surface area (Å²) < 4.78 is 17.6. The largest absolute Gasteiger partial charge is 0.459 e. The lowest BCUT2D eigenvalue weighted by Crippen LogP contribution is -1.97. The average Bonchev–Trinajstić information content (AvgIpc) is 2.26. The molecule has 0 aromatic heterocycles. The van der Waals surface area contributed by atoms with Crippen molar-refractivity contribution in [3.05, 3.63) is 39.7 Å². The number of hydrogen-bond acceptors (Lipinski definition) is 4. The van der Waals surface area contributed by atoms with E-state index >= 15 is 0 Å². The highest BCUT2D eigenvalue weighted by molar-refractivity contribution is 5.89. The lowest BCUT2D eigenvalue weighted by atomic mass is 10.2. The van der Waals surface area contributed by atoms with Crippen LogP contribution < -0.4 is 0 Å². The Bertz CT molecular complexity index is 501. The van der Waals surface area contributed by atoms with Crippen molar-refractivity contribution in [2.75, 3.05) is 7.11 Å². The van der Waals surface area contributed by atoms with Gasteiger partial charge in [0.25, 0.3) is 0 Å². The Morgan fingerprint density at radius 3 is 2.81 bits per heavy atom. The molecule has 82 valence electrons. The van der Waals surface area contributed by atoms with E-state index in [2.05, 4.69) is 10.7 Å². The lowest BCUT2D eigenvalue weighted by Gasteiger charge is -1.95. The number of benzene rings is 1. The van der Waals surface area contributed by atoms with Gasteiger partial charge in [-0.1, -0.05) is 12.0 Å². The third kappa shape index (κ3) is 2.54. The van der Waals surface area contributed by atoms with E-state index in [1.165, 1.54) is 12.1 Å². The van der Waals surface area contributed by atoms with Gasteiger partial charge in [-0.25, -0.2) is 4.79 Å². The summed E-state index contributed by atoms with van der Waals surface area (Å²) in [5.41, 5.74) is -0.906. The maximum Gasteiger partial charge on any atom is 0.384 e. The predicted molar refractivity (Wildman–Crippen MR) is 51.9 cm³/mol. The molecule has 0 aliphatic carbocycles. The molecular formula is C10H6FNO4. The standard InChI is InChI=1S/C10H6FNO4/c1-16-9(13)6-5-7-3-2-4-8(10(7)11)12(14)15/h2-4H,1H3. The zero-order chi connectivity index (χ0) is 12.1. The molecule has 1 rings (SSSR count). The van der Waals surface area contributed by atoms with Crippen LogP contribution in [0.5, 0.6) is 0 Å². The highest BCUT2D eigenvalue weighted by atomic mass is 19.1. The summed E-state index contributed by atoms with van der Waals surface area (Å²) in [4.78, 5) is 20.2. The quantitative estimate of drug-likeness (QED) is 0.311. The number of esters is 1. The second kappa shape index (κ2) is 4.89. The van der Waals surface area contributed by atoms with Gasteiger partial charge in [0.05, 0.1) is 17.6 Å². The number of ether oxygens (including phenoxy) is 1. The first-order valence-electron chi connectivity index (χ1n) is 4.09. The van der Waals surface area contributed by atoms with Gasteiger partial charge in [-0.15, -0.1) is 0 Å². The summed E-state index contributed by atoms with van der Waals surface area (Å²) in [6.07, 6.45) is 0. The Labute approximate surface area is 90.0 Å². The molecule has 0 heterocycles. The average molecular weight is 223 g/mol. The monoisotopic (exact) mass is 223 g/mol. The van der Waals surface area contributed by atoms with Crippen molar-refractivity contribution >= 4 is 11.7 Å². The van der Waals surface area contributed by atoms with E-state index in [1.807, 2.05) is 5.92 Å². The Morgan fingerprint density at radius 1 is 1.56 bits per heavy atom. The summed E-state index contributed by atoms with van der Waals surface area (Å²) in [7, 11) is 1.13. The molecule has 0 aliphatic rings. The van der Waals surface area contributed by atoms with Crippen LogP contribution in [0.25, 0.3) is 0 Å². The van der Waals surface area contributed by atoms with Crippen LogP contribution in [0, 0.1) is 27.8 Å². The van der Waals surface area contributed by atoms with Crippen LogP contribution in [0.2, 0.25) is 0 Å². The van der Waals surface area contributed by atoms with E-state index in [-0.39, 0.29) is 5.56 Å². The molecule has 0 unspecified atom stereocenters. The second-order valence-corrected chi connectivity index (χ2v) is 2.64. The number of carbonyl (C=O) groups excluding carboxylic acids is 1. The molecule has 16 heavy (non-hydrogen) atoms. The number of methoxy groups -OCH3 is 1. The van der Waals surface area contributed by atoms with Crippen molar-refractivity contribution < 1.29 is 18.8 Å². The third-order valence-corrected chi connectivity index (χ3v) is 1.66. The molecule has 0 aliphatic heterocycles. The molecule has 0 bridgehead atoms. The molecule has 0 radical (unpaired) electrons. The Hall–Kier alpha value is -2.42. The van der Waals surface area contributed by atoms with E-state index in [9.17, 15) is 19.3 Å². The minimum atomic E-state index is -1.07. The van der Waals surface area contributed by atoms with Gasteiger partial charge >= 0.3 is 11.7 Å². The van der Waals surface area contributed by atoms with Crippen molar-refractivity contribution in [1.82, 2.24) is 0 Å². The summed E-state index contributed by atoms with van der Waals surface area (Å²) in [6, 6.07) is 3.53. The molecule has 1 aromatic rings. The molecule has 0 N–H and O–H groups in total. The zero-order valence-corrected chi connectivity index (χ0v) is 8.19. The maximum atomic E-state index is 13.4. The van der Waals surface area contributed by atoms with Crippen LogP contribution in [-0.2, 0) is 9.53 Å². The first-order chi connectivity index (χ1) is 7.56. The number of nitro benzene ring substituents is 1. The van der Waals surface area contributed by atoms with Gasteiger partial charge in [0.2, 0.25) is 5.82 Å². The summed E-state index contributed by atoms with van der Waals surface area (Å²) in [5, 5.41) is 10.4. The minimum Gasteiger partial charge on any atom is -0.459 e. The zero-order valence-electron chi connectivity index (χ0n) is 8.19. The predicted octanol–water partition coefficient (Wildman–Crippen LogP) is 1.26. The molecule has 0 spiro atoms. The van der Waals surface area contributed by atoms with Gasteiger partial charge in [-0.3, -0.25) is 10.1 Å². The molecule has 0 amide bonds. The van der Waals surface area contributed by atoms with Crippen LogP contribution in [0.4, 0.5) is 10.1 Å². The molecule has 1 aromatic carbocycles. The SMILES string of the molecule is COC(=O)C#Cc1cccc([N+](=O)[O-])c1F. The molecule has 0 atom stereocenters. The topological polar surface area (TPSA) is 69.4 Å². The van der Waals surface area contributed by atoms with E-state index in [1.54, 1.807) is 0 Å². The van der Waals surface area contributed by atoms with Crippen LogP contribution >= 0.6 is 0 Å². The fourth-order valence-electron chi connectivity index (χ4n) is 0.927. The fourth-order valence-corrected chi connectivity index (χ4v) is 0.927. The lowest BCUT2D eigenvalue weighted by molar-refractivity contribution is -0.387. The Morgan fingerprint density at radius 2 is 2.25 bits per heavy atom. The number of nitrogens with zero attached hydrogens (tertiary/aromatic N) is 1. The molecule has 5 nitrogen and oxygen atoms in total. The van der Waals surface area contributed by atoms with Gasteiger partial charge in [-0.2, -0.15) is 4.39 Å². The number of nitro groups is 1. The highest BCUT2D eigenvalue weighted by Gasteiger charge is 2.15. The van der Waals surface area contributed by atoms with Gasteiger partial charge in [0, 0.05) is 12.0 Å². The third-order valence-electron chi connectivity index (χ3n) is 1.66. The van der Waals surface area contributed by atoms with Gasteiger partial charge < -0.3 is 4.74 Å². The number of halogens is 1. The van der Waals surface area contributed by atoms with Crippen LogP contribution in [0.15, 0.2) is 18.2 Å². The van der Waals surface area contributed by atoms with Crippen molar-refractivity contribution in [2.24, 2.45) is 0 Å². The Balaban J connectivity index is 3.15. The van der Waals surface area contributed by atoms with Gasteiger partial charge in [-0.05, 0) is 6.07 Å². The summed E-state index contributed by atoms with van der Waals surface area (Å²) in [5.74, 6) is 2.23. The number of carbonyl (C=O) groups is 1. The van der Waals surface area contributed by atoms with E-state index in [0.29, 0.717) is 0 Å². The molecule has 0 fully saturated rings. The summed E-state index contributed by atoms with van der Waals surface area (Å²) >= 11 is 0. The second-order valence-electron chi connectivity index (χ2n) is 2.64. The molecular weight excluding hydrogens is 217 g/mol. The maximum absolute atomic E-state index is 13.4. The van der Waals surface area contributed by atoms with Crippen LogP contribution in [-0.4, -0.2) is 18.0 Å². The van der Waals surface area contributed by atoms with Crippen molar-refractivity contribution in [1.29, 1.82) is 0 Å². The smallest absolute Gasteiger partial charge is 0.384 e. The van der Waals surface area contributed by atoms with Crippen molar-refractivity contribution in [2.45, 2.75) is 0 Å². The van der Waals surface area contributed by atoms with Crippen LogP contribution in [0.3, 0.4) is 0 Å². The van der Waals surface area contributed by atoms with Gasteiger partial charge in [0.15, 0.2) is 0 Å². The normalized spacial score (nSPS) is 8.88. The van der Waals surface area contributed by atoms with E-state index in [0.717, 1.165) is 13.2 Å². The molecule has 6 heteroatoms. The highest BCUT2D eigenvalue weighted by Crippen LogP contribution is 2.19. The fraction of sp³-hybridized carbons (Fsp3) is 0.100. The Kier molecular flexibility index (Phi) is 3.56. The minimum absolute atomic E-state index is 0.223. The van der Waals surface area contributed by atoms with E-state index in [4.69, 9.17) is 0 Å². The number of hydrogen-bond donors (Lipinski definition) is 0.